The summed E-state index contributed by atoms with van der Waals surface area (Å²) in [6.07, 6.45) is 8.65. The zero-order valence-corrected chi connectivity index (χ0v) is 21.7. The Balaban J connectivity index is 0.00000385. The van der Waals surface area contributed by atoms with E-state index >= 15 is 0 Å². The quantitative estimate of drug-likeness (QED) is 0.140. The SMILES string of the molecule is CCNC(=NCCCn1cccn1)NCCCCCc1nc(-c2ccc(OC)cc2)no1.I. The lowest BCUT2D eigenvalue weighted by molar-refractivity contribution is 0.374. The fourth-order valence-corrected chi connectivity index (χ4v) is 3.20. The van der Waals surface area contributed by atoms with Crippen LogP contribution in [0.2, 0.25) is 0 Å². The van der Waals surface area contributed by atoms with E-state index < -0.39 is 0 Å². The molecule has 0 fully saturated rings. The van der Waals surface area contributed by atoms with Gasteiger partial charge in [-0.15, -0.1) is 24.0 Å². The van der Waals surface area contributed by atoms with Crippen molar-refractivity contribution in [3.63, 3.8) is 0 Å². The van der Waals surface area contributed by atoms with Gasteiger partial charge in [-0.05, 0) is 56.5 Å². The summed E-state index contributed by atoms with van der Waals surface area (Å²) in [6, 6.07) is 9.58. The summed E-state index contributed by atoms with van der Waals surface area (Å²) >= 11 is 0. The van der Waals surface area contributed by atoms with E-state index in [1.165, 1.54) is 0 Å². The maximum absolute atomic E-state index is 5.39. The van der Waals surface area contributed by atoms with Crippen LogP contribution in [0.1, 0.15) is 38.5 Å². The lowest BCUT2D eigenvalue weighted by atomic mass is 10.2. The van der Waals surface area contributed by atoms with Crippen LogP contribution in [0, 0.1) is 0 Å². The molecule has 180 valence electrons. The van der Waals surface area contributed by atoms with Crippen LogP contribution in [-0.4, -0.2) is 52.6 Å². The normalized spacial score (nSPS) is 11.2. The van der Waals surface area contributed by atoms with Crippen molar-refractivity contribution in [2.24, 2.45) is 4.99 Å². The van der Waals surface area contributed by atoms with Crippen molar-refractivity contribution in [1.29, 1.82) is 0 Å². The van der Waals surface area contributed by atoms with Gasteiger partial charge in [0.25, 0.3) is 0 Å². The smallest absolute Gasteiger partial charge is 0.226 e. The molecule has 3 rings (SSSR count). The van der Waals surface area contributed by atoms with E-state index in [-0.39, 0.29) is 24.0 Å². The number of hydrogen-bond acceptors (Lipinski definition) is 6. The summed E-state index contributed by atoms with van der Waals surface area (Å²) in [5.41, 5.74) is 0.921. The van der Waals surface area contributed by atoms with Gasteiger partial charge in [-0.2, -0.15) is 10.1 Å². The first-order chi connectivity index (χ1) is 15.8. The molecule has 0 amide bonds. The molecule has 0 saturated heterocycles. The molecule has 0 spiro atoms. The average molecular weight is 567 g/mol. The second-order valence-corrected chi connectivity index (χ2v) is 7.36. The third-order valence-electron chi connectivity index (χ3n) is 4.89. The number of nitrogens with zero attached hydrogens (tertiary/aromatic N) is 5. The molecule has 2 N–H and O–H groups in total. The Morgan fingerprint density at radius 2 is 1.97 bits per heavy atom. The predicted octanol–water partition coefficient (Wildman–Crippen LogP) is 3.92. The topological polar surface area (TPSA) is 102 Å². The molecule has 2 heterocycles. The highest BCUT2D eigenvalue weighted by atomic mass is 127. The van der Waals surface area contributed by atoms with Gasteiger partial charge in [0.2, 0.25) is 11.7 Å². The van der Waals surface area contributed by atoms with Gasteiger partial charge in [-0.1, -0.05) is 11.6 Å². The minimum absolute atomic E-state index is 0. The van der Waals surface area contributed by atoms with Crippen molar-refractivity contribution in [2.75, 3.05) is 26.7 Å². The van der Waals surface area contributed by atoms with Crippen molar-refractivity contribution in [3.8, 4) is 17.1 Å². The summed E-state index contributed by atoms with van der Waals surface area (Å²) in [5, 5.41) is 15.0. The Morgan fingerprint density at radius 1 is 1.12 bits per heavy atom. The number of unbranched alkanes of at least 4 members (excludes halogenated alkanes) is 2. The largest absolute Gasteiger partial charge is 0.497 e. The van der Waals surface area contributed by atoms with Gasteiger partial charge < -0.3 is 19.9 Å². The monoisotopic (exact) mass is 567 g/mol. The first kappa shape index (κ1) is 26.6. The van der Waals surface area contributed by atoms with Crippen molar-refractivity contribution in [3.05, 3.63) is 48.6 Å². The number of hydrogen-bond donors (Lipinski definition) is 2. The number of benzene rings is 1. The number of halogens is 1. The second kappa shape index (κ2) is 15.3. The summed E-state index contributed by atoms with van der Waals surface area (Å²) in [7, 11) is 1.65. The maximum atomic E-state index is 5.39. The van der Waals surface area contributed by atoms with Crippen molar-refractivity contribution < 1.29 is 9.26 Å². The van der Waals surface area contributed by atoms with E-state index in [4.69, 9.17) is 9.26 Å². The standard InChI is InChI=1S/C23H33N7O2.HI/c1-3-24-23(26-15-7-17-30-18-8-16-27-30)25-14-6-4-5-9-21-28-22(29-32-21)19-10-12-20(31-2)13-11-19;/h8,10-13,16,18H,3-7,9,14-15,17H2,1-2H3,(H2,24,25,26);1H. The molecular weight excluding hydrogens is 533 g/mol. The van der Waals surface area contributed by atoms with Gasteiger partial charge in [-0.3, -0.25) is 9.67 Å². The lowest BCUT2D eigenvalue weighted by Gasteiger charge is -2.11. The van der Waals surface area contributed by atoms with Gasteiger partial charge in [0.1, 0.15) is 5.75 Å². The third-order valence-corrected chi connectivity index (χ3v) is 4.89. The van der Waals surface area contributed by atoms with Crippen LogP contribution in [-0.2, 0) is 13.0 Å². The minimum atomic E-state index is 0. The molecule has 0 unspecified atom stereocenters. The van der Waals surface area contributed by atoms with Crippen molar-refractivity contribution >= 4 is 29.9 Å². The Labute approximate surface area is 212 Å². The fourth-order valence-electron chi connectivity index (χ4n) is 3.20. The highest BCUT2D eigenvalue weighted by Crippen LogP contribution is 2.20. The van der Waals surface area contributed by atoms with E-state index in [1.54, 1.807) is 13.3 Å². The summed E-state index contributed by atoms with van der Waals surface area (Å²) in [6.45, 7) is 5.45. The van der Waals surface area contributed by atoms with E-state index in [2.05, 4.69) is 37.8 Å². The molecule has 10 heteroatoms. The molecule has 33 heavy (non-hydrogen) atoms. The molecular formula is C23H34IN7O2. The Bertz CT molecular complexity index is 927. The molecule has 3 aromatic rings. The zero-order chi connectivity index (χ0) is 22.4. The number of ether oxygens (including phenoxy) is 1. The van der Waals surface area contributed by atoms with Crippen LogP contribution in [0.5, 0.6) is 5.75 Å². The molecule has 0 bridgehead atoms. The predicted molar refractivity (Wildman–Crippen MR) is 140 cm³/mol. The molecule has 0 aliphatic rings. The fraction of sp³-hybridized carbons (Fsp3) is 0.478. The highest BCUT2D eigenvalue weighted by molar-refractivity contribution is 14.0. The number of aryl methyl sites for hydroxylation is 2. The molecule has 0 radical (unpaired) electrons. The van der Waals surface area contributed by atoms with Gasteiger partial charge in [-0.25, -0.2) is 0 Å². The first-order valence-corrected chi connectivity index (χ1v) is 11.2. The van der Waals surface area contributed by atoms with Gasteiger partial charge >= 0.3 is 0 Å². The summed E-state index contributed by atoms with van der Waals surface area (Å²) in [4.78, 5) is 9.13. The molecule has 0 saturated carbocycles. The summed E-state index contributed by atoms with van der Waals surface area (Å²) < 4.78 is 12.5. The molecule has 0 aliphatic heterocycles. The van der Waals surface area contributed by atoms with Crippen LogP contribution < -0.4 is 15.4 Å². The number of guanidine groups is 1. The Hall–Kier alpha value is -2.63. The van der Waals surface area contributed by atoms with E-state index in [0.29, 0.717) is 11.7 Å². The number of rotatable bonds is 13. The molecule has 2 aromatic heterocycles. The van der Waals surface area contributed by atoms with Crippen LogP contribution in [0.3, 0.4) is 0 Å². The number of aliphatic imine (C=N–C) groups is 1. The molecule has 0 aliphatic carbocycles. The van der Waals surface area contributed by atoms with Gasteiger partial charge in [0.15, 0.2) is 5.96 Å². The van der Waals surface area contributed by atoms with Gasteiger partial charge in [0, 0.05) is 50.6 Å². The zero-order valence-electron chi connectivity index (χ0n) is 19.4. The van der Waals surface area contributed by atoms with Crippen LogP contribution in [0.4, 0.5) is 0 Å². The van der Waals surface area contributed by atoms with Crippen LogP contribution in [0.15, 0.2) is 52.2 Å². The number of methoxy groups -OCH3 is 1. The van der Waals surface area contributed by atoms with E-state index in [1.807, 2.05) is 41.2 Å². The molecule has 9 nitrogen and oxygen atoms in total. The number of aromatic nitrogens is 4. The highest BCUT2D eigenvalue weighted by Gasteiger charge is 2.08. The summed E-state index contributed by atoms with van der Waals surface area (Å²) in [5.74, 6) is 2.97. The second-order valence-electron chi connectivity index (χ2n) is 7.36. The Kier molecular flexibility index (Phi) is 12.3. The van der Waals surface area contributed by atoms with E-state index in [9.17, 15) is 0 Å². The van der Waals surface area contributed by atoms with Crippen molar-refractivity contribution in [1.82, 2.24) is 30.6 Å². The third kappa shape index (κ3) is 9.40. The molecule has 0 atom stereocenters. The van der Waals surface area contributed by atoms with Crippen LogP contribution >= 0.6 is 24.0 Å². The van der Waals surface area contributed by atoms with Gasteiger partial charge in [0.05, 0.1) is 7.11 Å². The van der Waals surface area contributed by atoms with Crippen LogP contribution in [0.25, 0.3) is 11.4 Å². The Morgan fingerprint density at radius 3 is 2.70 bits per heavy atom. The lowest BCUT2D eigenvalue weighted by Crippen LogP contribution is -2.37. The first-order valence-electron chi connectivity index (χ1n) is 11.2. The maximum Gasteiger partial charge on any atom is 0.226 e. The van der Waals surface area contributed by atoms with Crippen molar-refractivity contribution in [2.45, 2.75) is 45.6 Å². The average Bonchev–Trinajstić information content (AvgIpc) is 3.51. The molecule has 1 aromatic carbocycles. The van der Waals surface area contributed by atoms with E-state index in [0.717, 1.165) is 75.6 Å². The number of nitrogens with one attached hydrogen (secondary N) is 2. The minimum Gasteiger partial charge on any atom is -0.497 e.